The molecule has 12 aliphatic carbocycles. The zero-order valence-corrected chi connectivity index (χ0v) is 49.5. The number of allylic oxidation sites excluding steroid dienone is 22. The summed E-state index contributed by atoms with van der Waals surface area (Å²) in [5, 5.41) is 0. The molecule has 420 valence electrons. The van der Waals surface area contributed by atoms with Gasteiger partial charge in [0.25, 0.3) is 6.04 Å². The van der Waals surface area contributed by atoms with Gasteiger partial charge in [0.15, 0.2) is 30.8 Å². The van der Waals surface area contributed by atoms with Gasteiger partial charge in [-0.05, 0) is 122 Å². The SMILES string of the molecule is C1=CC23C=CC4C1C4C=C2C12/C=C(/c4ccccc4-c4ccc3[n+](c4)C1)C1C3=CC4C5C=CC3(C=CC54)c3ccc(c[n+]31)-c1ccccc1C1=[N+]=CC3C4=CC5C6C7C=CC4(C=CC756)c4cc(-c5ccc(-c6ccccc6)cc5)c(c[n+]43)-c3ccccc3/C2=C/1. The van der Waals surface area contributed by atoms with Crippen molar-refractivity contribution in [3.05, 3.63) is 330 Å². The number of fused-ring (bicyclic) bond motifs is 17. The maximum Gasteiger partial charge on any atom is 0.342 e. The minimum Gasteiger partial charge on any atom is -0.199 e. The number of benzene rings is 5. The Morgan fingerprint density at radius 1 is 0.411 bits per heavy atom. The van der Waals surface area contributed by atoms with Crippen LogP contribution in [0.2, 0.25) is 0 Å². The van der Waals surface area contributed by atoms with E-state index in [1.165, 1.54) is 112 Å². The minimum absolute atomic E-state index is 0.121. The summed E-state index contributed by atoms with van der Waals surface area (Å²) in [6.45, 7) is 0.708. The number of hydrogen-bond acceptors (Lipinski definition) is 0. The highest BCUT2D eigenvalue weighted by molar-refractivity contribution is 6.17. The third kappa shape index (κ3) is 5.41. The summed E-state index contributed by atoms with van der Waals surface area (Å²) >= 11 is 0. The van der Waals surface area contributed by atoms with Crippen LogP contribution in [0.4, 0.5) is 0 Å². The van der Waals surface area contributed by atoms with Crippen LogP contribution in [0.15, 0.2) is 296 Å². The third-order valence-electron chi connectivity index (χ3n) is 25.9. The maximum atomic E-state index is 6.21. The molecule has 26 rings (SSSR count). The average molecular weight is 1150 g/mol. The van der Waals surface area contributed by atoms with Gasteiger partial charge < -0.3 is 0 Å². The largest absolute Gasteiger partial charge is 0.342 e. The molecule has 6 aliphatic heterocycles. The number of hydrogen-bond donors (Lipinski definition) is 0. The fourth-order valence-electron chi connectivity index (χ4n) is 21.3. The van der Waals surface area contributed by atoms with Gasteiger partial charge in [-0.1, -0.05) is 223 Å². The first-order valence-electron chi connectivity index (χ1n) is 33.3. The van der Waals surface area contributed by atoms with Gasteiger partial charge in [-0.2, -0.15) is 13.7 Å². The van der Waals surface area contributed by atoms with E-state index in [0.717, 1.165) is 11.3 Å². The highest BCUT2D eigenvalue weighted by Gasteiger charge is 2.85. The first-order chi connectivity index (χ1) is 44.4. The first-order valence-corrected chi connectivity index (χ1v) is 33.3. The molecule has 4 fully saturated rings. The molecule has 0 radical (unpaired) electrons. The molecule has 12 unspecified atom stereocenters. The van der Waals surface area contributed by atoms with Gasteiger partial charge >= 0.3 is 11.9 Å². The molecule has 5 aromatic carbocycles. The van der Waals surface area contributed by atoms with E-state index < -0.39 is 21.7 Å². The molecule has 4 heteroatoms. The first kappa shape index (κ1) is 47.2. The molecule has 0 N–H and O–H groups in total. The Morgan fingerprint density at radius 3 is 1.82 bits per heavy atom. The van der Waals surface area contributed by atoms with E-state index in [4.69, 9.17) is 4.67 Å². The summed E-state index contributed by atoms with van der Waals surface area (Å²) in [7, 11) is 0. The Hall–Kier alpha value is -9.86. The molecule has 4 saturated carbocycles. The summed E-state index contributed by atoms with van der Waals surface area (Å²) in [6.07, 6.45) is 55.3. The summed E-state index contributed by atoms with van der Waals surface area (Å²) < 4.78 is 14.3. The molecule has 5 spiro atoms. The van der Waals surface area contributed by atoms with E-state index >= 15 is 0 Å². The number of pyridine rings is 3. The molecule has 90 heavy (non-hydrogen) atoms. The van der Waals surface area contributed by atoms with Crippen molar-refractivity contribution in [3.63, 3.8) is 0 Å². The van der Waals surface area contributed by atoms with E-state index in [0.29, 0.717) is 59.8 Å². The highest BCUT2D eigenvalue weighted by atomic mass is 15.1. The lowest BCUT2D eigenvalue weighted by Gasteiger charge is -2.45. The summed E-state index contributed by atoms with van der Waals surface area (Å²) in [6, 6.07) is 60.9. The van der Waals surface area contributed by atoms with Crippen LogP contribution < -0.4 is 18.4 Å². The summed E-state index contributed by atoms with van der Waals surface area (Å²) in [5.74, 6) is 4.76. The topological polar surface area (TPSA) is 25.7 Å². The lowest BCUT2D eigenvalue weighted by atomic mass is 9.56. The predicted molar refractivity (Wildman–Crippen MR) is 354 cm³/mol. The van der Waals surface area contributed by atoms with Gasteiger partial charge in [-0.15, -0.1) is 0 Å². The van der Waals surface area contributed by atoms with E-state index in [-0.39, 0.29) is 17.5 Å². The normalized spacial score (nSPS) is 37.4. The van der Waals surface area contributed by atoms with Gasteiger partial charge in [0.2, 0.25) is 17.4 Å². The maximum absolute atomic E-state index is 6.21. The molecule has 3 aromatic heterocycles. The third-order valence-corrected chi connectivity index (χ3v) is 25.9. The van der Waals surface area contributed by atoms with Gasteiger partial charge in [0.05, 0.1) is 16.5 Å². The molecule has 0 amide bonds. The number of rotatable bonds is 2. The molecule has 9 heterocycles. The van der Waals surface area contributed by atoms with E-state index in [1.807, 2.05) is 0 Å². The molecule has 8 aromatic rings. The molecule has 20 bridgehead atoms. The monoisotopic (exact) mass is 1150 g/mol. The zero-order valence-electron chi connectivity index (χ0n) is 49.5. The fraction of sp³-hybridized carbons (Fsp3) is 0.198. The van der Waals surface area contributed by atoms with Crippen molar-refractivity contribution in [2.75, 3.05) is 0 Å². The van der Waals surface area contributed by atoms with Crippen LogP contribution in [0, 0.1) is 64.1 Å². The Balaban J connectivity index is 0.878. The minimum atomic E-state index is -0.762. The van der Waals surface area contributed by atoms with Crippen molar-refractivity contribution >= 4 is 23.1 Å². The van der Waals surface area contributed by atoms with E-state index in [1.54, 1.807) is 0 Å². The second kappa shape index (κ2) is 15.4. The molecule has 12 atom stereocenters. The number of nitrogens with zero attached hydrogens (tertiary/aromatic N) is 4. The Bertz CT molecular complexity index is 5270. The molecule has 0 saturated heterocycles. The second-order valence-corrected chi connectivity index (χ2v) is 29.4. The van der Waals surface area contributed by atoms with Crippen molar-refractivity contribution < 1.29 is 13.7 Å². The van der Waals surface area contributed by atoms with Gasteiger partial charge in [0, 0.05) is 68.7 Å². The average Bonchev–Trinajstić information content (AvgIpc) is 1.44. The van der Waals surface area contributed by atoms with Crippen LogP contribution in [0.3, 0.4) is 0 Å². The van der Waals surface area contributed by atoms with Crippen LogP contribution in [-0.2, 0) is 22.8 Å². The van der Waals surface area contributed by atoms with Gasteiger partial charge in [0.1, 0.15) is 16.2 Å². The van der Waals surface area contributed by atoms with E-state index in [2.05, 4.69) is 300 Å². The smallest absolute Gasteiger partial charge is 0.199 e. The molecular formula is C86H60N4+4. The molecule has 4 nitrogen and oxygen atoms in total. The number of aromatic nitrogens is 3. The predicted octanol–water partition coefficient (Wildman–Crippen LogP) is 14.6. The van der Waals surface area contributed by atoms with Gasteiger partial charge in [-0.3, -0.25) is 0 Å². The van der Waals surface area contributed by atoms with Crippen molar-refractivity contribution in [2.24, 2.45) is 64.1 Å². The summed E-state index contributed by atoms with van der Waals surface area (Å²) in [4.78, 5) is 0. The molecule has 18 aliphatic rings. The van der Waals surface area contributed by atoms with Crippen molar-refractivity contribution in [2.45, 2.75) is 34.9 Å². The van der Waals surface area contributed by atoms with Crippen LogP contribution in [-0.4, -0.2) is 11.9 Å². The second-order valence-electron chi connectivity index (χ2n) is 29.4. The summed E-state index contributed by atoms with van der Waals surface area (Å²) in [5.41, 5.74) is 26.1. The lowest BCUT2D eigenvalue weighted by molar-refractivity contribution is -0.717. The Labute approximate surface area is 523 Å². The van der Waals surface area contributed by atoms with Crippen LogP contribution in [0.1, 0.15) is 45.9 Å². The van der Waals surface area contributed by atoms with Crippen LogP contribution in [0.25, 0.3) is 66.8 Å². The van der Waals surface area contributed by atoms with Gasteiger partial charge in [-0.25, -0.2) is 0 Å². The quantitative estimate of drug-likeness (QED) is 0.0937. The van der Waals surface area contributed by atoms with Crippen LogP contribution in [0.5, 0.6) is 0 Å². The van der Waals surface area contributed by atoms with Crippen LogP contribution >= 0.6 is 0 Å². The van der Waals surface area contributed by atoms with Crippen molar-refractivity contribution in [1.82, 2.24) is 4.67 Å². The Morgan fingerprint density at radius 2 is 1.03 bits per heavy atom. The van der Waals surface area contributed by atoms with Crippen molar-refractivity contribution in [3.8, 4) is 55.6 Å². The van der Waals surface area contributed by atoms with Crippen molar-refractivity contribution in [1.29, 1.82) is 0 Å². The standard InChI is InChI=1S/C86H60N4/c1-2-10-49(11-3-1)50-18-20-51(21-19-50)64-40-79-83-35-30-69-80-72(86(69,80)37-36-83)41-71(83)75-44-87-74-42-70(62-16-8-7-15-57(62)68(64)47-89(75)79)85-43-67(56-14-6-4-12-54(56)52-22-24-77(88(45-52)48-85)84-33-28-60-61(29-34-84)66(60)39-76(84)85)81-73-38-65-58-26-31-82(73,32-27-59(58)65)78-25-23-53(46-90(78)81)55-13-5-9-17-63(55)74/h1-47,58-61,65-66,69,72,75,80-81H,48H2/q+4/b67-43-,70-42-. The lowest BCUT2D eigenvalue weighted by Crippen LogP contribution is -2.58. The fourth-order valence-corrected chi connectivity index (χ4v) is 21.3. The Kier molecular flexibility index (Phi) is 8.07. The van der Waals surface area contributed by atoms with E-state index in [9.17, 15) is 0 Å². The molecular weight excluding hydrogens is 1090 g/mol. The zero-order chi connectivity index (χ0) is 57.9. The highest BCUT2D eigenvalue weighted by Crippen LogP contribution is 2.88.